The van der Waals surface area contributed by atoms with Crippen LogP contribution in [0.15, 0.2) is 35.7 Å². The van der Waals surface area contributed by atoms with Crippen LogP contribution in [-0.2, 0) is 11.2 Å². The first-order valence-corrected chi connectivity index (χ1v) is 9.73. The third-order valence-corrected chi connectivity index (χ3v) is 5.29. The second-order valence-corrected chi connectivity index (χ2v) is 7.91. The highest BCUT2D eigenvalue weighted by atomic mass is 32.1. The fraction of sp³-hybridized carbons (Fsp3) is 0.333. The van der Waals surface area contributed by atoms with E-state index in [4.69, 9.17) is 4.98 Å². The molecule has 136 valence electrons. The average molecular weight is 368 g/mol. The van der Waals surface area contributed by atoms with E-state index in [9.17, 15) is 4.79 Å². The van der Waals surface area contributed by atoms with E-state index in [-0.39, 0.29) is 5.91 Å². The summed E-state index contributed by atoms with van der Waals surface area (Å²) in [5.41, 5.74) is 6.51. The molecular weight excluding hydrogens is 342 g/mol. The van der Waals surface area contributed by atoms with E-state index >= 15 is 0 Å². The Morgan fingerprint density at radius 2 is 2.00 bits per heavy atom. The summed E-state index contributed by atoms with van der Waals surface area (Å²) < 4.78 is 2.32. The fourth-order valence-corrected chi connectivity index (χ4v) is 4.20. The average Bonchev–Trinajstić information content (AvgIpc) is 3.11. The van der Waals surface area contributed by atoms with Crippen molar-refractivity contribution in [2.45, 2.75) is 47.1 Å². The van der Waals surface area contributed by atoms with Gasteiger partial charge in [-0.3, -0.25) is 4.79 Å². The number of rotatable bonds is 5. The van der Waals surface area contributed by atoms with Gasteiger partial charge in [-0.2, -0.15) is 0 Å². The molecule has 1 aromatic carbocycles. The molecule has 0 spiro atoms. The van der Waals surface area contributed by atoms with E-state index in [1.165, 1.54) is 22.7 Å². The van der Waals surface area contributed by atoms with Crippen LogP contribution >= 0.6 is 11.3 Å². The highest BCUT2D eigenvalue weighted by Gasteiger charge is 2.16. The fourth-order valence-electron chi connectivity index (χ4n) is 3.41. The first kappa shape index (κ1) is 18.4. The summed E-state index contributed by atoms with van der Waals surface area (Å²) in [6.07, 6.45) is 0.293. The lowest BCUT2D eigenvalue weighted by molar-refractivity contribution is -0.115. The normalized spacial score (nSPS) is 11.2. The molecule has 0 bridgehead atoms. The van der Waals surface area contributed by atoms with Crippen molar-refractivity contribution in [2.24, 2.45) is 0 Å². The summed E-state index contributed by atoms with van der Waals surface area (Å²) in [6.45, 7) is 10.6. The molecule has 0 aliphatic rings. The Bertz CT molecular complexity index is 937. The van der Waals surface area contributed by atoms with Crippen LogP contribution in [-0.4, -0.2) is 15.5 Å². The number of benzene rings is 1. The van der Waals surface area contributed by atoms with E-state index < -0.39 is 0 Å². The van der Waals surface area contributed by atoms with E-state index in [1.54, 1.807) is 0 Å². The Morgan fingerprint density at radius 1 is 1.23 bits per heavy atom. The van der Waals surface area contributed by atoms with E-state index in [0.29, 0.717) is 12.5 Å². The van der Waals surface area contributed by atoms with Gasteiger partial charge < -0.3 is 9.88 Å². The van der Waals surface area contributed by atoms with Crippen LogP contribution in [0.2, 0.25) is 0 Å². The number of hydrogen-bond acceptors (Lipinski definition) is 3. The van der Waals surface area contributed by atoms with Crippen LogP contribution in [0.1, 0.15) is 41.8 Å². The van der Waals surface area contributed by atoms with E-state index in [1.807, 2.05) is 36.6 Å². The second-order valence-electron chi connectivity index (χ2n) is 6.97. The molecule has 0 fully saturated rings. The standard InChI is InChI=1S/C21H25N3OS/c1-13(2)24-15(4)10-18(16(24)5)19-12-26-21(23-19)11-20(25)22-17-8-6-7-14(3)9-17/h6-10,12-13H,11H2,1-5H3,(H,22,25). The number of anilines is 1. The van der Waals surface area contributed by atoms with Crippen LogP contribution in [0.5, 0.6) is 0 Å². The van der Waals surface area contributed by atoms with Gasteiger partial charge in [0.1, 0.15) is 5.01 Å². The Kier molecular flexibility index (Phi) is 5.28. The largest absolute Gasteiger partial charge is 0.346 e. The van der Waals surface area contributed by atoms with Gasteiger partial charge in [-0.25, -0.2) is 4.98 Å². The molecule has 2 heterocycles. The zero-order valence-electron chi connectivity index (χ0n) is 16.0. The third-order valence-electron chi connectivity index (χ3n) is 4.44. The summed E-state index contributed by atoms with van der Waals surface area (Å²) in [7, 11) is 0. The van der Waals surface area contributed by atoms with Gasteiger partial charge in [0.15, 0.2) is 0 Å². The second kappa shape index (κ2) is 7.46. The molecule has 1 N–H and O–H groups in total. The number of amides is 1. The van der Waals surface area contributed by atoms with E-state index in [0.717, 1.165) is 27.5 Å². The number of carbonyl (C=O) groups excluding carboxylic acids is 1. The van der Waals surface area contributed by atoms with Gasteiger partial charge in [-0.15, -0.1) is 11.3 Å². The number of aromatic nitrogens is 2. The van der Waals surface area contributed by atoms with Crippen molar-refractivity contribution in [1.29, 1.82) is 0 Å². The van der Waals surface area contributed by atoms with Crippen molar-refractivity contribution in [3.05, 3.63) is 57.7 Å². The molecule has 3 rings (SSSR count). The maximum Gasteiger partial charge on any atom is 0.231 e. The maximum absolute atomic E-state index is 12.3. The van der Waals surface area contributed by atoms with Crippen LogP contribution < -0.4 is 5.32 Å². The minimum absolute atomic E-state index is 0.0378. The van der Waals surface area contributed by atoms with E-state index in [2.05, 4.69) is 43.6 Å². The van der Waals surface area contributed by atoms with Crippen LogP contribution in [0, 0.1) is 20.8 Å². The zero-order chi connectivity index (χ0) is 18.8. The smallest absolute Gasteiger partial charge is 0.231 e. The van der Waals surface area contributed by atoms with Crippen molar-refractivity contribution in [3.63, 3.8) is 0 Å². The summed E-state index contributed by atoms with van der Waals surface area (Å²) in [4.78, 5) is 17.0. The summed E-state index contributed by atoms with van der Waals surface area (Å²) >= 11 is 1.54. The summed E-state index contributed by atoms with van der Waals surface area (Å²) in [6, 6.07) is 10.4. The molecule has 26 heavy (non-hydrogen) atoms. The van der Waals surface area contributed by atoms with Gasteiger partial charge in [-0.1, -0.05) is 12.1 Å². The Morgan fingerprint density at radius 3 is 2.65 bits per heavy atom. The van der Waals surface area contributed by atoms with Crippen molar-refractivity contribution in [1.82, 2.24) is 9.55 Å². The molecule has 0 saturated heterocycles. The lowest BCUT2D eigenvalue weighted by Gasteiger charge is -2.13. The number of thiazole rings is 1. The van der Waals surface area contributed by atoms with Crippen LogP contribution in [0.3, 0.4) is 0 Å². The van der Waals surface area contributed by atoms with Crippen LogP contribution in [0.25, 0.3) is 11.3 Å². The SMILES string of the molecule is Cc1cccc(NC(=O)Cc2nc(-c3cc(C)n(C(C)C)c3C)cs2)c1. The molecular formula is C21H25N3OS. The quantitative estimate of drug-likeness (QED) is 0.665. The monoisotopic (exact) mass is 367 g/mol. The topological polar surface area (TPSA) is 46.9 Å². The summed E-state index contributed by atoms with van der Waals surface area (Å²) in [5.74, 6) is -0.0378. The minimum atomic E-state index is -0.0378. The van der Waals surface area contributed by atoms with Crippen molar-refractivity contribution >= 4 is 22.9 Å². The molecule has 5 heteroatoms. The van der Waals surface area contributed by atoms with Gasteiger partial charge in [-0.05, 0) is 58.4 Å². The van der Waals surface area contributed by atoms with Crippen molar-refractivity contribution in [2.75, 3.05) is 5.32 Å². The maximum atomic E-state index is 12.3. The number of aryl methyl sites for hydroxylation is 2. The first-order chi connectivity index (χ1) is 12.3. The lowest BCUT2D eigenvalue weighted by Crippen LogP contribution is -2.14. The van der Waals surface area contributed by atoms with Gasteiger partial charge >= 0.3 is 0 Å². The third kappa shape index (κ3) is 3.88. The molecule has 1 amide bonds. The van der Waals surface area contributed by atoms with Gasteiger partial charge in [0, 0.05) is 34.1 Å². The molecule has 0 atom stereocenters. The van der Waals surface area contributed by atoms with Crippen molar-refractivity contribution < 1.29 is 4.79 Å². The highest BCUT2D eigenvalue weighted by molar-refractivity contribution is 7.10. The highest BCUT2D eigenvalue weighted by Crippen LogP contribution is 2.30. The minimum Gasteiger partial charge on any atom is -0.346 e. The number of nitrogens with one attached hydrogen (secondary N) is 1. The van der Waals surface area contributed by atoms with Gasteiger partial charge in [0.2, 0.25) is 5.91 Å². The molecule has 0 saturated carbocycles. The van der Waals surface area contributed by atoms with Crippen molar-refractivity contribution in [3.8, 4) is 11.3 Å². The molecule has 0 unspecified atom stereocenters. The van der Waals surface area contributed by atoms with Gasteiger partial charge in [0.05, 0.1) is 12.1 Å². The predicted molar refractivity (Wildman–Crippen MR) is 109 cm³/mol. The number of nitrogens with zero attached hydrogens (tertiary/aromatic N) is 2. The first-order valence-electron chi connectivity index (χ1n) is 8.85. The molecule has 2 aromatic heterocycles. The summed E-state index contributed by atoms with van der Waals surface area (Å²) in [5, 5.41) is 5.82. The Labute approximate surface area is 158 Å². The molecule has 0 radical (unpaired) electrons. The number of carbonyl (C=O) groups is 1. The van der Waals surface area contributed by atoms with Gasteiger partial charge in [0.25, 0.3) is 0 Å². The van der Waals surface area contributed by atoms with Crippen LogP contribution in [0.4, 0.5) is 5.69 Å². The lowest BCUT2D eigenvalue weighted by atomic mass is 10.2. The molecule has 0 aliphatic heterocycles. The number of hydrogen-bond donors (Lipinski definition) is 1. The Hall–Kier alpha value is -2.40. The predicted octanol–water partition coefficient (Wildman–Crippen LogP) is 5.30. The Balaban J connectivity index is 1.74. The molecule has 4 nitrogen and oxygen atoms in total. The molecule has 0 aliphatic carbocycles. The molecule has 3 aromatic rings. The zero-order valence-corrected chi connectivity index (χ0v) is 16.8.